The summed E-state index contributed by atoms with van der Waals surface area (Å²) in [5, 5.41) is 3.42. The van der Waals surface area contributed by atoms with Crippen molar-refractivity contribution in [1.82, 2.24) is 5.32 Å². The van der Waals surface area contributed by atoms with Gasteiger partial charge in [-0.25, -0.2) is 4.39 Å². The summed E-state index contributed by atoms with van der Waals surface area (Å²) in [6, 6.07) is 15.8. The average Bonchev–Trinajstić information content (AvgIpc) is 2.42. The minimum Gasteiger partial charge on any atom is -0.310 e. The summed E-state index contributed by atoms with van der Waals surface area (Å²) in [6.45, 7) is 2.80. The summed E-state index contributed by atoms with van der Waals surface area (Å²) in [6.07, 6.45) is 0.966. The third-order valence-corrected chi connectivity index (χ3v) is 3.95. The molecule has 1 atom stereocenters. The third-order valence-electron chi connectivity index (χ3n) is 3.06. The summed E-state index contributed by atoms with van der Waals surface area (Å²) in [5.74, 6) is -0.213. The summed E-state index contributed by atoms with van der Waals surface area (Å²) >= 11 is 3.28. The maximum atomic E-state index is 13.4. The molecule has 100 valence electrons. The molecule has 0 aromatic heterocycles. The van der Waals surface area contributed by atoms with Crippen LogP contribution >= 0.6 is 15.9 Å². The number of halogens is 2. The normalized spacial score (nSPS) is 12.4. The van der Waals surface area contributed by atoms with Gasteiger partial charge in [0.1, 0.15) is 5.82 Å². The zero-order chi connectivity index (χ0) is 13.7. The zero-order valence-corrected chi connectivity index (χ0v) is 12.5. The van der Waals surface area contributed by atoms with E-state index in [1.54, 1.807) is 6.07 Å². The lowest BCUT2D eigenvalue weighted by Gasteiger charge is -2.15. The Morgan fingerprint density at radius 2 is 1.84 bits per heavy atom. The zero-order valence-electron chi connectivity index (χ0n) is 10.9. The van der Waals surface area contributed by atoms with Gasteiger partial charge in [0.15, 0.2) is 0 Å². The molecule has 0 aliphatic heterocycles. The maximum absolute atomic E-state index is 13.4. The fraction of sp³-hybridized carbons (Fsp3) is 0.250. The highest BCUT2D eigenvalue weighted by Gasteiger charge is 2.07. The molecule has 3 heteroatoms. The Hall–Kier alpha value is -1.19. The van der Waals surface area contributed by atoms with Crippen LogP contribution in [0.25, 0.3) is 0 Å². The van der Waals surface area contributed by atoms with Crippen LogP contribution in [0.15, 0.2) is 53.0 Å². The third kappa shape index (κ3) is 4.15. The highest BCUT2D eigenvalue weighted by atomic mass is 79.9. The van der Waals surface area contributed by atoms with Crippen LogP contribution in [-0.4, -0.2) is 6.04 Å². The molecule has 2 aromatic rings. The number of benzene rings is 2. The first-order valence-corrected chi connectivity index (χ1v) is 7.16. The molecule has 0 fully saturated rings. The Morgan fingerprint density at radius 1 is 1.11 bits per heavy atom. The van der Waals surface area contributed by atoms with Crippen molar-refractivity contribution in [1.29, 1.82) is 0 Å². The highest BCUT2D eigenvalue weighted by molar-refractivity contribution is 9.10. The largest absolute Gasteiger partial charge is 0.310 e. The second-order valence-corrected chi connectivity index (χ2v) is 5.48. The first kappa shape index (κ1) is 14.2. The molecule has 2 aromatic carbocycles. The summed E-state index contributed by atoms with van der Waals surface area (Å²) in [7, 11) is 0. The van der Waals surface area contributed by atoms with Gasteiger partial charge in [0.05, 0.1) is 4.47 Å². The van der Waals surface area contributed by atoms with Crippen LogP contribution < -0.4 is 5.32 Å². The quantitative estimate of drug-likeness (QED) is 0.865. The first-order chi connectivity index (χ1) is 9.16. The smallest absolute Gasteiger partial charge is 0.137 e. The molecule has 0 aliphatic carbocycles. The van der Waals surface area contributed by atoms with Crippen molar-refractivity contribution in [3.63, 3.8) is 0 Å². The second-order valence-electron chi connectivity index (χ2n) is 4.68. The number of hydrogen-bond acceptors (Lipinski definition) is 1. The van der Waals surface area contributed by atoms with Gasteiger partial charge in [0.2, 0.25) is 0 Å². The van der Waals surface area contributed by atoms with Crippen LogP contribution in [0, 0.1) is 5.82 Å². The molecule has 0 radical (unpaired) electrons. The number of rotatable bonds is 5. The van der Waals surface area contributed by atoms with Gasteiger partial charge in [0.25, 0.3) is 0 Å². The standard InChI is InChI=1S/C16H17BrFN/c1-12(10-13-6-3-2-4-7-13)19-11-14-8-5-9-15(18)16(14)17/h2-9,12,19H,10-11H2,1H3. The van der Waals surface area contributed by atoms with E-state index in [-0.39, 0.29) is 5.82 Å². The number of hydrogen-bond donors (Lipinski definition) is 1. The molecule has 0 amide bonds. The van der Waals surface area contributed by atoms with Gasteiger partial charge in [-0.05, 0) is 46.5 Å². The Morgan fingerprint density at radius 3 is 2.58 bits per heavy atom. The summed E-state index contributed by atoms with van der Waals surface area (Å²) in [4.78, 5) is 0. The fourth-order valence-corrected chi connectivity index (χ4v) is 2.41. The monoisotopic (exact) mass is 321 g/mol. The first-order valence-electron chi connectivity index (χ1n) is 6.37. The van der Waals surface area contributed by atoms with Crippen molar-refractivity contribution in [3.05, 3.63) is 69.9 Å². The van der Waals surface area contributed by atoms with E-state index in [9.17, 15) is 4.39 Å². The van der Waals surface area contributed by atoms with Crippen molar-refractivity contribution in [2.24, 2.45) is 0 Å². The molecule has 0 aliphatic rings. The number of nitrogens with one attached hydrogen (secondary N) is 1. The molecule has 0 saturated carbocycles. The second kappa shape index (κ2) is 6.83. The SMILES string of the molecule is CC(Cc1ccccc1)NCc1cccc(F)c1Br. The van der Waals surface area contributed by atoms with E-state index in [1.165, 1.54) is 11.6 Å². The molecule has 1 N–H and O–H groups in total. The van der Waals surface area contributed by atoms with Crippen molar-refractivity contribution < 1.29 is 4.39 Å². The molecular weight excluding hydrogens is 305 g/mol. The van der Waals surface area contributed by atoms with Gasteiger partial charge in [-0.1, -0.05) is 42.5 Å². The van der Waals surface area contributed by atoms with E-state index in [0.29, 0.717) is 17.1 Å². The minimum absolute atomic E-state index is 0.213. The molecule has 0 heterocycles. The lowest BCUT2D eigenvalue weighted by molar-refractivity contribution is 0.541. The lowest BCUT2D eigenvalue weighted by atomic mass is 10.1. The van der Waals surface area contributed by atoms with Crippen LogP contribution in [-0.2, 0) is 13.0 Å². The van der Waals surface area contributed by atoms with Gasteiger partial charge in [0, 0.05) is 12.6 Å². The predicted molar refractivity (Wildman–Crippen MR) is 80.5 cm³/mol. The Labute approximate surface area is 122 Å². The van der Waals surface area contributed by atoms with E-state index < -0.39 is 0 Å². The van der Waals surface area contributed by atoms with Gasteiger partial charge in [-0.15, -0.1) is 0 Å². The predicted octanol–water partition coefficient (Wildman–Crippen LogP) is 4.31. The van der Waals surface area contributed by atoms with Gasteiger partial charge in [-0.2, -0.15) is 0 Å². The van der Waals surface area contributed by atoms with Crippen LogP contribution in [0.2, 0.25) is 0 Å². The lowest BCUT2D eigenvalue weighted by Crippen LogP contribution is -2.27. The highest BCUT2D eigenvalue weighted by Crippen LogP contribution is 2.20. The molecule has 0 spiro atoms. The van der Waals surface area contributed by atoms with E-state index in [0.717, 1.165) is 12.0 Å². The average molecular weight is 322 g/mol. The van der Waals surface area contributed by atoms with Gasteiger partial charge < -0.3 is 5.32 Å². The molecule has 1 nitrogen and oxygen atoms in total. The summed E-state index contributed by atoms with van der Waals surface area (Å²) in [5.41, 5.74) is 2.25. The Bertz CT molecular complexity index is 528. The summed E-state index contributed by atoms with van der Waals surface area (Å²) < 4.78 is 13.9. The van der Waals surface area contributed by atoms with Crippen molar-refractivity contribution in [2.45, 2.75) is 25.9 Å². The van der Waals surface area contributed by atoms with E-state index in [4.69, 9.17) is 0 Å². The van der Waals surface area contributed by atoms with Crippen LogP contribution in [0.3, 0.4) is 0 Å². The fourth-order valence-electron chi connectivity index (χ4n) is 2.01. The Balaban J connectivity index is 1.90. The molecule has 1 unspecified atom stereocenters. The molecule has 0 saturated heterocycles. The van der Waals surface area contributed by atoms with Crippen LogP contribution in [0.1, 0.15) is 18.1 Å². The van der Waals surface area contributed by atoms with Crippen molar-refractivity contribution in [2.75, 3.05) is 0 Å². The van der Waals surface area contributed by atoms with Gasteiger partial charge >= 0.3 is 0 Å². The Kier molecular flexibility index (Phi) is 5.11. The van der Waals surface area contributed by atoms with Crippen molar-refractivity contribution >= 4 is 15.9 Å². The molecule has 2 rings (SSSR count). The molecule has 19 heavy (non-hydrogen) atoms. The van der Waals surface area contributed by atoms with E-state index >= 15 is 0 Å². The van der Waals surface area contributed by atoms with Crippen LogP contribution in [0.4, 0.5) is 4.39 Å². The molecular formula is C16H17BrFN. The maximum Gasteiger partial charge on any atom is 0.137 e. The molecule has 0 bridgehead atoms. The van der Waals surface area contributed by atoms with E-state index in [1.807, 2.05) is 24.3 Å². The van der Waals surface area contributed by atoms with Gasteiger partial charge in [-0.3, -0.25) is 0 Å². The minimum atomic E-state index is -0.213. The van der Waals surface area contributed by atoms with Crippen molar-refractivity contribution in [3.8, 4) is 0 Å². The topological polar surface area (TPSA) is 12.0 Å². The van der Waals surface area contributed by atoms with Crippen LogP contribution in [0.5, 0.6) is 0 Å². The van der Waals surface area contributed by atoms with E-state index in [2.05, 4.69) is 40.3 Å².